The molecule has 1 aromatic carbocycles. The molecule has 4 nitrogen and oxygen atoms in total. The van der Waals surface area contributed by atoms with Gasteiger partial charge < -0.3 is 16.6 Å². The van der Waals surface area contributed by atoms with E-state index in [-0.39, 0.29) is 0 Å². The lowest BCUT2D eigenvalue weighted by Gasteiger charge is -2.08. The minimum absolute atomic E-state index is 0.524. The van der Waals surface area contributed by atoms with Gasteiger partial charge in [0.15, 0.2) is 0 Å². The molecular weight excluding hydrogens is 168 g/mol. The minimum Gasteiger partial charge on any atom is -0.480 e. The standard InChI is InChI=1S/C9H12N2O2/c1-5-2-3-6(4-7(5)10)8(11)9(12)13/h2-4,8H,10-11H2,1H3,(H,12,13)/t8-/m0/s1. The molecule has 0 saturated carbocycles. The van der Waals surface area contributed by atoms with Gasteiger partial charge in [0, 0.05) is 5.69 Å². The number of hydrogen-bond acceptors (Lipinski definition) is 3. The molecule has 1 aromatic rings. The normalized spacial score (nSPS) is 12.5. The summed E-state index contributed by atoms with van der Waals surface area (Å²) in [6.45, 7) is 1.85. The molecule has 0 heterocycles. The molecule has 0 bridgehead atoms. The van der Waals surface area contributed by atoms with Gasteiger partial charge in [0.1, 0.15) is 6.04 Å². The van der Waals surface area contributed by atoms with E-state index in [4.69, 9.17) is 16.6 Å². The first-order chi connectivity index (χ1) is 6.02. The number of aliphatic carboxylic acids is 1. The molecule has 0 saturated heterocycles. The Morgan fingerprint density at radius 1 is 1.54 bits per heavy atom. The maximum atomic E-state index is 10.5. The molecule has 70 valence electrons. The van der Waals surface area contributed by atoms with Gasteiger partial charge in [-0.2, -0.15) is 0 Å². The molecule has 0 spiro atoms. The molecule has 13 heavy (non-hydrogen) atoms. The predicted octanol–water partition coefficient (Wildman–Crippen LogP) is 0.662. The quantitative estimate of drug-likeness (QED) is 0.583. The van der Waals surface area contributed by atoms with Crippen molar-refractivity contribution in [2.24, 2.45) is 5.73 Å². The molecule has 0 aliphatic carbocycles. The number of aryl methyl sites for hydroxylation is 1. The number of rotatable bonds is 2. The highest BCUT2D eigenvalue weighted by atomic mass is 16.4. The minimum atomic E-state index is -1.05. The van der Waals surface area contributed by atoms with Crippen molar-refractivity contribution in [3.8, 4) is 0 Å². The van der Waals surface area contributed by atoms with Crippen LogP contribution in [0.5, 0.6) is 0 Å². The van der Waals surface area contributed by atoms with E-state index in [1.807, 2.05) is 6.92 Å². The summed E-state index contributed by atoms with van der Waals surface area (Å²) in [7, 11) is 0. The van der Waals surface area contributed by atoms with Crippen molar-refractivity contribution in [2.45, 2.75) is 13.0 Å². The van der Waals surface area contributed by atoms with Crippen molar-refractivity contribution in [1.29, 1.82) is 0 Å². The second-order valence-electron chi connectivity index (χ2n) is 2.93. The van der Waals surface area contributed by atoms with E-state index in [1.165, 1.54) is 0 Å². The summed E-state index contributed by atoms with van der Waals surface area (Å²) < 4.78 is 0. The van der Waals surface area contributed by atoms with Crippen LogP contribution in [-0.2, 0) is 4.79 Å². The highest BCUT2D eigenvalue weighted by Gasteiger charge is 2.14. The van der Waals surface area contributed by atoms with Gasteiger partial charge in [0.25, 0.3) is 0 Å². The van der Waals surface area contributed by atoms with Crippen LogP contribution in [0, 0.1) is 6.92 Å². The summed E-state index contributed by atoms with van der Waals surface area (Å²) in [6.07, 6.45) is 0. The van der Waals surface area contributed by atoms with E-state index in [0.717, 1.165) is 5.56 Å². The Hall–Kier alpha value is -1.55. The monoisotopic (exact) mass is 180 g/mol. The SMILES string of the molecule is Cc1ccc([C@H](N)C(=O)O)cc1N. The molecular formula is C9H12N2O2. The Bertz CT molecular complexity index is 336. The van der Waals surface area contributed by atoms with E-state index in [2.05, 4.69) is 0 Å². The third-order valence-corrected chi connectivity index (χ3v) is 1.93. The lowest BCUT2D eigenvalue weighted by molar-refractivity contribution is -0.138. The molecule has 1 rings (SSSR count). The molecule has 0 amide bonds. The number of anilines is 1. The Morgan fingerprint density at radius 3 is 2.62 bits per heavy atom. The van der Waals surface area contributed by atoms with Crippen molar-refractivity contribution >= 4 is 11.7 Å². The first kappa shape index (κ1) is 9.54. The van der Waals surface area contributed by atoms with Crippen LogP contribution >= 0.6 is 0 Å². The molecule has 0 aliphatic rings. The summed E-state index contributed by atoms with van der Waals surface area (Å²) in [4.78, 5) is 10.5. The lowest BCUT2D eigenvalue weighted by Crippen LogP contribution is -2.20. The van der Waals surface area contributed by atoms with E-state index in [1.54, 1.807) is 18.2 Å². The molecule has 0 radical (unpaired) electrons. The summed E-state index contributed by atoms with van der Waals surface area (Å²) in [5, 5.41) is 8.63. The average Bonchev–Trinajstić information content (AvgIpc) is 2.08. The summed E-state index contributed by atoms with van der Waals surface area (Å²) in [5.74, 6) is -1.05. The summed E-state index contributed by atoms with van der Waals surface area (Å²) >= 11 is 0. The first-order valence-corrected chi connectivity index (χ1v) is 3.87. The van der Waals surface area contributed by atoms with Crippen molar-refractivity contribution in [3.05, 3.63) is 29.3 Å². The van der Waals surface area contributed by atoms with E-state index in [0.29, 0.717) is 11.3 Å². The second-order valence-corrected chi connectivity index (χ2v) is 2.93. The fraction of sp³-hybridized carbons (Fsp3) is 0.222. The van der Waals surface area contributed by atoms with Crippen LogP contribution in [0.15, 0.2) is 18.2 Å². The summed E-state index contributed by atoms with van der Waals surface area (Å²) in [6, 6.07) is 4.02. The molecule has 0 aromatic heterocycles. The van der Waals surface area contributed by atoms with Crippen LogP contribution in [0.25, 0.3) is 0 Å². The smallest absolute Gasteiger partial charge is 0.325 e. The van der Waals surface area contributed by atoms with Gasteiger partial charge >= 0.3 is 5.97 Å². The van der Waals surface area contributed by atoms with Gasteiger partial charge in [-0.05, 0) is 24.1 Å². The topological polar surface area (TPSA) is 89.3 Å². The van der Waals surface area contributed by atoms with Gasteiger partial charge in [-0.25, -0.2) is 0 Å². The third kappa shape index (κ3) is 1.97. The van der Waals surface area contributed by atoms with Crippen LogP contribution < -0.4 is 11.5 Å². The van der Waals surface area contributed by atoms with Crippen molar-refractivity contribution < 1.29 is 9.90 Å². The molecule has 1 atom stereocenters. The number of nitrogens with two attached hydrogens (primary N) is 2. The zero-order valence-corrected chi connectivity index (χ0v) is 7.32. The van der Waals surface area contributed by atoms with E-state index >= 15 is 0 Å². The van der Waals surface area contributed by atoms with Crippen molar-refractivity contribution in [3.63, 3.8) is 0 Å². The fourth-order valence-corrected chi connectivity index (χ4v) is 0.995. The Kier molecular flexibility index (Phi) is 2.53. The number of carbonyl (C=O) groups is 1. The summed E-state index contributed by atoms with van der Waals surface area (Å²) in [5.41, 5.74) is 13.0. The highest BCUT2D eigenvalue weighted by molar-refractivity contribution is 5.75. The van der Waals surface area contributed by atoms with Gasteiger partial charge in [0.2, 0.25) is 0 Å². The predicted molar refractivity (Wildman–Crippen MR) is 50.2 cm³/mol. The van der Waals surface area contributed by atoms with Crippen LogP contribution in [0.1, 0.15) is 17.2 Å². The highest BCUT2D eigenvalue weighted by Crippen LogP contribution is 2.17. The van der Waals surface area contributed by atoms with Crippen molar-refractivity contribution in [2.75, 3.05) is 5.73 Å². The van der Waals surface area contributed by atoms with Gasteiger partial charge in [0.05, 0.1) is 0 Å². The molecule has 4 heteroatoms. The number of benzene rings is 1. The number of nitrogen functional groups attached to an aromatic ring is 1. The van der Waals surface area contributed by atoms with Crippen LogP contribution in [0.3, 0.4) is 0 Å². The largest absolute Gasteiger partial charge is 0.480 e. The van der Waals surface area contributed by atoms with Crippen LogP contribution in [0.4, 0.5) is 5.69 Å². The Balaban J connectivity index is 3.03. The third-order valence-electron chi connectivity index (χ3n) is 1.93. The van der Waals surface area contributed by atoms with Gasteiger partial charge in [-0.15, -0.1) is 0 Å². The molecule has 0 unspecified atom stereocenters. The molecule has 0 fully saturated rings. The number of carboxylic acid groups (broad SMARTS) is 1. The van der Waals surface area contributed by atoms with Crippen molar-refractivity contribution in [1.82, 2.24) is 0 Å². The second kappa shape index (κ2) is 3.45. The van der Waals surface area contributed by atoms with Gasteiger partial charge in [-0.3, -0.25) is 4.79 Å². The fourth-order valence-electron chi connectivity index (χ4n) is 0.995. The number of carboxylic acids is 1. The zero-order chi connectivity index (χ0) is 10.0. The first-order valence-electron chi connectivity index (χ1n) is 3.87. The van der Waals surface area contributed by atoms with Crippen LogP contribution in [-0.4, -0.2) is 11.1 Å². The van der Waals surface area contributed by atoms with Gasteiger partial charge in [-0.1, -0.05) is 12.1 Å². The lowest BCUT2D eigenvalue weighted by atomic mass is 10.0. The van der Waals surface area contributed by atoms with E-state index in [9.17, 15) is 4.79 Å². The molecule has 0 aliphatic heterocycles. The van der Waals surface area contributed by atoms with Crippen LogP contribution in [0.2, 0.25) is 0 Å². The maximum Gasteiger partial charge on any atom is 0.325 e. The zero-order valence-electron chi connectivity index (χ0n) is 7.32. The maximum absolute atomic E-state index is 10.5. The van der Waals surface area contributed by atoms with E-state index < -0.39 is 12.0 Å². The Labute approximate surface area is 76.2 Å². The molecule has 5 N–H and O–H groups in total. The number of hydrogen-bond donors (Lipinski definition) is 3. The Morgan fingerprint density at radius 2 is 2.15 bits per heavy atom. The average molecular weight is 180 g/mol.